The summed E-state index contributed by atoms with van der Waals surface area (Å²) in [6.45, 7) is 1.03. The molecule has 2 heterocycles. The average Bonchev–Trinajstić information content (AvgIpc) is 2.98. The maximum absolute atomic E-state index is 12.1. The van der Waals surface area contributed by atoms with Gasteiger partial charge in [-0.1, -0.05) is 12.1 Å². The number of rotatable bonds is 3. The summed E-state index contributed by atoms with van der Waals surface area (Å²) >= 11 is 0. The molecule has 0 atom stereocenters. The lowest BCUT2D eigenvalue weighted by molar-refractivity contribution is 0.0649. The van der Waals surface area contributed by atoms with Crippen LogP contribution in [0.3, 0.4) is 0 Å². The van der Waals surface area contributed by atoms with Gasteiger partial charge in [0.15, 0.2) is 0 Å². The zero-order chi connectivity index (χ0) is 12.5. The minimum absolute atomic E-state index is 0.192. The van der Waals surface area contributed by atoms with Gasteiger partial charge in [0, 0.05) is 25.5 Å². The molecule has 1 aromatic heterocycles. The van der Waals surface area contributed by atoms with E-state index in [1.165, 1.54) is 4.90 Å². The van der Waals surface area contributed by atoms with Gasteiger partial charge in [-0.3, -0.25) is 14.5 Å². The first kappa shape index (κ1) is 10.8. The van der Waals surface area contributed by atoms with Crippen LogP contribution in [0.2, 0.25) is 0 Å². The molecule has 0 spiro atoms. The quantitative estimate of drug-likeness (QED) is 0.767. The highest BCUT2D eigenvalue weighted by atomic mass is 16.2. The predicted molar refractivity (Wildman–Crippen MR) is 66.2 cm³/mol. The maximum atomic E-state index is 12.1. The third-order valence-corrected chi connectivity index (χ3v) is 3.13. The normalized spacial score (nSPS) is 14.1. The van der Waals surface area contributed by atoms with Gasteiger partial charge in [-0.25, -0.2) is 0 Å². The van der Waals surface area contributed by atoms with Crippen molar-refractivity contribution in [1.82, 2.24) is 9.47 Å². The van der Waals surface area contributed by atoms with Crippen molar-refractivity contribution in [3.63, 3.8) is 0 Å². The lowest BCUT2D eigenvalue weighted by Gasteiger charge is -2.13. The van der Waals surface area contributed by atoms with Gasteiger partial charge in [0.05, 0.1) is 11.1 Å². The molecule has 0 aliphatic carbocycles. The Hall–Kier alpha value is -2.36. The number of hydrogen-bond donors (Lipinski definition) is 0. The summed E-state index contributed by atoms with van der Waals surface area (Å²) in [4.78, 5) is 25.4. The van der Waals surface area contributed by atoms with Crippen molar-refractivity contribution in [3.8, 4) is 0 Å². The fraction of sp³-hybridized carbons (Fsp3) is 0.143. The molecule has 1 aliphatic rings. The summed E-state index contributed by atoms with van der Waals surface area (Å²) in [6.07, 6.45) is 3.83. The Morgan fingerprint density at radius 1 is 0.778 bits per heavy atom. The van der Waals surface area contributed by atoms with Crippen LogP contribution in [-0.4, -0.2) is 27.8 Å². The SMILES string of the molecule is O=C1c2ccccc2C(=O)N1CCn1cccc1. The van der Waals surface area contributed by atoms with Gasteiger partial charge in [-0.2, -0.15) is 0 Å². The molecule has 2 aromatic rings. The molecule has 4 nitrogen and oxygen atoms in total. The number of carbonyl (C=O) groups excluding carboxylic acids is 2. The van der Waals surface area contributed by atoms with Crippen LogP contribution >= 0.6 is 0 Å². The Kier molecular flexibility index (Phi) is 2.48. The summed E-state index contributed by atoms with van der Waals surface area (Å²) < 4.78 is 1.95. The van der Waals surface area contributed by atoms with Gasteiger partial charge in [0.1, 0.15) is 0 Å². The third-order valence-electron chi connectivity index (χ3n) is 3.13. The second kappa shape index (κ2) is 4.14. The van der Waals surface area contributed by atoms with Gasteiger partial charge in [0.25, 0.3) is 11.8 Å². The first-order chi connectivity index (χ1) is 8.77. The van der Waals surface area contributed by atoms with E-state index in [9.17, 15) is 9.59 Å². The van der Waals surface area contributed by atoms with E-state index in [0.29, 0.717) is 24.2 Å². The number of nitrogens with zero attached hydrogens (tertiary/aromatic N) is 2. The van der Waals surface area contributed by atoms with Gasteiger partial charge < -0.3 is 4.57 Å². The van der Waals surface area contributed by atoms with Crippen LogP contribution < -0.4 is 0 Å². The van der Waals surface area contributed by atoms with Crippen LogP contribution in [0, 0.1) is 0 Å². The number of carbonyl (C=O) groups is 2. The molecule has 0 radical (unpaired) electrons. The molecule has 0 bridgehead atoms. The Labute approximate surface area is 104 Å². The van der Waals surface area contributed by atoms with Gasteiger partial charge >= 0.3 is 0 Å². The van der Waals surface area contributed by atoms with E-state index in [0.717, 1.165) is 0 Å². The molecule has 18 heavy (non-hydrogen) atoms. The fourth-order valence-corrected chi connectivity index (χ4v) is 2.18. The first-order valence-electron chi connectivity index (χ1n) is 5.83. The van der Waals surface area contributed by atoms with Gasteiger partial charge in [-0.15, -0.1) is 0 Å². The monoisotopic (exact) mass is 240 g/mol. The van der Waals surface area contributed by atoms with Crippen LogP contribution in [-0.2, 0) is 6.54 Å². The molecular weight excluding hydrogens is 228 g/mol. The second-order valence-electron chi connectivity index (χ2n) is 4.23. The highest BCUT2D eigenvalue weighted by molar-refractivity contribution is 6.21. The smallest absolute Gasteiger partial charge is 0.261 e. The minimum atomic E-state index is -0.192. The molecule has 1 aromatic carbocycles. The summed E-state index contributed by atoms with van der Waals surface area (Å²) in [6, 6.07) is 10.8. The van der Waals surface area contributed by atoms with Crippen molar-refractivity contribution >= 4 is 11.8 Å². The van der Waals surface area contributed by atoms with E-state index >= 15 is 0 Å². The molecule has 1 aliphatic heterocycles. The van der Waals surface area contributed by atoms with Crippen molar-refractivity contribution < 1.29 is 9.59 Å². The number of amides is 2. The molecule has 0 unspecified atom stereocenters. The van der Waals surface area contributed by atoms with E-state index in [2.05, 4.69) is 0 Å². The van der Waals surface area contributed by atoms with Crippen molar-refractivity contribution in [1.29, 1.82) is 0 Å². The zero-order valence-electron chi connectivity index (χ0n) is 9.74. The molecular formula is C14H12N2O2. The minimum Gasteiger partial charge on any atom is -0.352 e. The van der Waals surface area contributed by atoms with Gasteiger partial charge in [-0.05, 0) is 24.3 Å². The van der Waals surface area contributed by atoms with Crippen molar-refractivity contribution in [3.05, 3.63) is 59.9 Å². The summed E-state index contributed by atoms with van der Waals surface area (Å²) in [5.41, 5.74) is 1.02. The summed E-state index contributed by atoms with van der Waals surface area (Å²) in [5, 5.41) is 0. The number of benzene rings is 1. The van der Waals surface area contributed by atoms with Crippen LogP contribution in [0.25, 0.3) is 0 Å². The molecule has 0 saturated heterocycles. The predicted octanol–water partition coefficient (Wildman–Crippen LogP) is 1.78. The molecule has 3 rings (SSSR count). The number of aromatic nitrogens is 1. The first-order valence-corrected chi connectivity index (χ1v) is 5.83. The summed E-state index contributed by atoms with van der Waals surface area (Å²) in [7, 11) is 0. The number of fused-ring (bicyclic) bond motifs is 1. The van der Waals surface area contributed by atoms with E-state index in [4.69, 9.17) is 0 Å². The molecule has 0 saturated carbocycles. The number of hydrogen-bond acceptors (Lipinski definition) is 2. The zero-order valence-corrected chi connectivity index (χ0v) is 9.74. The average molecular weight is 240 g/mol. The van der Waals surface area contributed by atoms with Crippen molar-refractivity contribution in [2.24, 2.45) is 0 Å². The number of imide groups is 1. The topological polar surface area (TPSA) is 42.3 Å². The molecule has 0 fully saturated rings. The highest BCUT2D eigenvalue weighted by Gasteiger charge is 2.34. The van der Waals surface area contributed by atoms with Crippen molar-refractivity contribution in [2.75, 3.05) is 6.54 Å². The lowest BCUT2D eigenvalue weighted by Crippen LogP contribution is -2.32. The van der Waals surface area contributed by atoms with Crippen LogP contribution in [0.5, 0.6) is 0 Å². The standard InChI is InChI=1S/C14H12N2O2/c17-13-11-5-1-2-6-12(11)14(18)16(13)10-9-15-7-3-4-8-15/h1-8H,9-10H2. The molecule has 4 heteroatoms. The van der Waals surface area contributed by atoms with E-state index in [1.807, 2.05) is 29.1 Å². The summed E-state index contributed by atoms with van der Waals surface area (Å²) in [5.74, 6) is -0.384. The maximum Gasteiger partial charge on any atom is 0.261 e. The van der Waals surface area contributed by atoms with Crippen molar-refractivity contribution in [2.45, 2.75) is 6.54 Å². The molecule has 90 valence electrons. The van der Waals surface area contributed by atoms with Crippen LogP contribution in [0.15, 0.2) is 48.8 Å². The Morgan fingerprint density at radius 2 is 1.33 bits per heavy atom. The Morgan fingerprint density at radius 3 is 1.89 bits per heavy atom. The Balaban J connectivity index is 1.80. The third kappa shape index (κ3) is 1.62. The van der Waals surface area contributed by atoms with E-state index < -0.39 is 0 Å². The lowest BCUT2D eigenvalue weighted by atomic mass is 10.1. The van der Waals surface area contributed by atoms with E-state index in [-0.39, 0.29) is 11.8 Å². The van der Waals surface area contributed by atoms with Gasteiger partial charge in [0.2, 0.25) is 0 Å². The van der Waals surface area contributed by atoms with E-state index in [1.54, 1.807) is 24.3 Å². The van der Waals surface area contributed by atoms with Crippen LogP contribution in [0.1, 0.15) is 20.7 Å². The Bertz CT molecular complexity index is 567. The van der Waals surface area contributed by atoms with Crippen LogP contribution in [0.4, 0.5) is 0 Å². The largest absolute Gasteiger partial charge is 0.352 e. The fourth-order valence-electron chi connectivity index (χ4n) is 2.18. The molecule has 2 amide bonds. The highest BCUT2D eigenvalue weighted by Crippen LogP contribution is 2.22. The molecule has 0 N–H and O–H groups in total. The second-order valence-corrected chi connectivity index (χ2v) is 4.23.